The lowest BCUT2D eigenvalue weighted by Crippen LogP contribution is -2.50. The van der Waals surface area contributed by atoms with E-state index in [-0.39, 0.29) is 11.9 Å². The summed E-state index contributed by atoms with van der Waals surface area (Å²) >= 11 is 1.46. The molecule has 1 atom stereocenters. The van der Waals surface area contributed by atoms with Crippen molar-refractivity contribution in [1.82, 2.24) is 14.8 Å². The molecule has 0 spiro atoms. The first-order valence-electron chi connectivity index (χ1n) is 6.73. The van der Waals surface area contributed by atoms with Crippen LogP contribution in [0, 0.1) is 0 Å². The quantitative estimate of drug-likeness (QED) is 0.908. The van der Waals surface area contributed by atoms with Crippen LogP contribution < -0.4 is 5.73 Å². The van der Waals surface area contributed by atoms with E-state index in [0.29, 0.717) is 11.7 Å². The van der Waals surface area contributed by atoms with Crippen molar-refractivity contribution in [2.75, 3.05) is 26.2 Å². The van der Waals surface area contributed by atoms with Crippen molar-refractivity contribution in [3.05, 3.63) is 16.1 Å². The van der Waals surface area contributed by atoms with Gasteiger partial charge < -0.3 is 10.6 Å². The van der Waals surface area contributed by atoms with Crippen LogP contribution in [0.5, 0.6) is 0 Å². The minimum Gasteiger partial charge on any atom is -0.335 e. The summed E-state index contributed by atoms with van der Waals surface area (Å²) in [5.74, 6) is 0.0338. The summed E-state index contributed by atoms with van der Waals surface area (Å²) in [7, 11) is 0. The Morgan fingerprint density at radius 3 is 2.42 bits per heavy atom. The van der Waals surface area contributed by atoms with Gasteiger partial charge in [-0.2, -0.15) is 0 Å². The molecule has 19 heavy (non-hydrogen) atoms. The molecule has 1 unspecified atom stereocenters. The third kappa shape index (κ3) is 3.32. The Hall–Kier alpha value is -0.980. The fourth-order valence-corrected chi connectivity index (χ4v) is 2.95. The van der Waals surface area contributed by atoms with Gasteiger partial charge in [-0.05, 0) is 20.8 Å². The largest absolute Gasteiger partial charge is 0.335 e. The van der Waals surface area contributed by atoms with E-state index in [1.54, 1.807) is 0 Å². The van der Waals surface area contributed by atoms with E-state index in [2.05, 4.69) is 23.7 Å². The Bertz CT molecular complexity index is 436. The van der Waals surface area contributed by atoms with Gasteiger partial charge in [-0.3, -0.25) is 9.69 Å². The van der Waals surface area contributed by atoms with Gasteiger partial charge in [0.2, 0.25) is 0 Å². The van der Waals surface area contributed by atoms with Crippen LogP contribution >= 0.6 is 11.3 Å². The average molecular weight is 282 g/mol. The number of nitrogens with two attached hydrogens (primary N) is 1. The van der Waals surface area contributed by atoms with Crippen molar-refractivity contribution in [3.8, 4) is 0 Å². The summed E-state index contributed by atoms with van der Waals surface area (Å²) in [5.41, 5.74) is 6.31. The van der Waals surface area contributed by atoms with Gasteiger partial charge in [0, 0.05) is 37.6 Å². The normalized spacial score (nSPS) is 18.9. The molecule has 1 aromatic heterocycles. The molecule has 0 aliphatic carbocycles. The molecule has 106 valence electrons. The van der Waals surface area contributed by atoms with Gasteiger partial charge in [0.1, 0.15) is 10.7 Å². The van der Waals surface area contributed by atoms with E-state index in [1.807, 2.05) is 17.2 Å². The highest BCUT2D eigenvalue weighted by atomic mass is 32.1. The molecule has 1 aliphatic rings. The molecule has 0 bridgehead atoms. The molecule has 1 aromatic rings. The maximum absolute atomic E-state index is 12.3. The summed E-state index contributed by atoms with van der Waals surface area (Å²) in [6.07, 6.45) is 0. The summed E-state index contributed by atoms with van der Waals surface area (Å²) in [4.78, 5) is 20.9. The van der Waals surface area contributed by atoms with Crippen molar-refractivity contribution in [3.63, 3.8) is 0 Å². The fraction of sp³-hybridized carbons (Fsp3) is 0.692. The van der Waals surface area contributed by atoms with Crippen molar-refractivity contribution in [2.24, 2.45) is 5.73 Å². The maximum Gasteiger partial charge on any atom is 0.273 e. The zero-order valence-corrected chi connectivity index (χ0v) is 12.6. The minimum atomic E-state index is -0.107. The van der Waals surface area contributed by atoms with Crippen LogP contribution in [0.1, 0.15) is 42.3 Å². The minimum absolute atomic E-state index is 0.0338. The zero-order chi connectivity index (χ0) is 14.0. The number of amides is 1. The van der Waals surface area contributed by atoms with Crippen LogP contribution in [0.15, 0.2) is 5.38 Å². The lowest BCUT2D eigenvalue weighted by atomic mass is 10.2. The average Bonchev–Trinajstić information content (AvgIpc) is 2.87. The molecule has 0 aromatic carbocycles. The number of aromatic nitrogens is 1. The number of rotatable bonds is 3. The molecule has 0 saturated carbocycles. The van der Waals surface area contributed by atoms with E-state index in [1.165, 1.54) is 11.3 Å². The van der Waals surface area contributed by atoms with Crippen LogP contribution in [-0.2, 0) is 0 Å². The molecular formula is C13H22N4OS. The Labute approximate surface area is 118 Å². The number of carbonyl (C=O) groups excluding carboxylic acids is 1. The van der Waals surface area contributed by atoms with Crippen molar-refractivity contribution in [1.29, 1.82) is 0 Å². The van der Waals surface area contributed by atoms with Crippen molar-refractivity contribution in [2.45, 2.75) is 32.9 Å². The second kappa shape index (κ2) is 5.98. The third-order valence-corrected chi connectivity index (χ3v) is 4.51. The highest BCUT2D eigenvalue weighted by Crippen LogP contribution is 2.18. The summed E-state index contributed by atoms with van der Waals surface area (Å²) in [6.45, 7) is 9.69. The first-order chi connectivity index (χ1) is 8.99. The Morgan fingerprint density at radius 2 is 1.95 bits per heavy atom. The number of piperazine rings is 1. The van der Waals surface area contributed by atoms with Gasteiger partial charge in [0.05, 0.1) is 6.04 Å². The van der Waals surface area contributed by atoms with Gasteiger partial charge in [0.15, 0.2) is 0 Å². The fourth-order valence-electron chi connectivity index (χ4n) is 2.20. The molecule has 6 heteroatoms. The number of hydrogen-bond donors (Lipinski definition) is 1. The number of thiazole rings is 1. The second-order valence-corrected chi connectivity index (χ2v) is 6.17. The van der Waals surface area contributed by atoms with E-state index < -0.39 is 0 Å². The summed E-state index contributed by atoms with van der Waals surface area (Å²) in [5, 5.41) is 2.64. The molecular weight excluding hydrogens is 260 g/mol. The van der Waals surface area contributed by atoms with Crippen molar-refractivity contribution >= 4 is 17.2 Å². The molecule has 1 saturated heterocycles. The first-order valence-corrected chi connectivity index (χ1v) is 7.61. The van der Waals surface area contributed by atoms with Crippen LogP contribution in [-0.4, -0.2) is 52.9 Å². The SMILES string of the molecule is CC(N)c1nc(C(=O)N2CCN(C(C)C)CC2)cs1. The molecule has 2 rings (SSSR count). The Kier molecular flexibility index (Phi) is 4.54. The first kappa shape index (κ1) is 14.4. The summed E-state index contributed by atoms with van der Waals surface area (Å²) < 4.78 is 0. The smallest absolute Gasteiger partial charge is 0.273 e. The Balaban J connectivity index is 1.97. The maximum atomic E-state index is 12.3. The molecule has 2 N–H and O–H groups in total. The monoisotopic (exact) mass is 282 g/mol. The Morgan fingerprint density at radius 1 is 1.32 bits per heavy atom. The van der Waals surface area contributed by atoms with Gasteiger partial charge in [-0.25, -0.2) is 4.98 Å². The van der Waals surface area contributed by atoms with Crippen LogP contribution in [0.4, 0.5) is 0 Å². The van der Waals surface area contributed by atoms with Gasteiger partial charge in [-0.1, -0.05) is 0 Å². The van der Waals surface area contributed by atoms with E-state index in [4.69, 9.17) is 5.73 Å². The molecule has 1 amide bonds. The summed E-state index contributed by atoms with van der Waals surface area (Å²) in [6, 6.07) is 0.436. The highest BCUT2D eigenvalue weighted by molar-refractivity contribution is 7.09. The van der Waals surface area contributed by atoms with E-state index >= 15 is 0 Å². The number of nitrogens with zero attached hydrogens (tertiary/aromatic N) is 3. The van der Waals surface area contributed by atoms with Crippen LogP contribution in [0.2, 0.25) is 0 Å². The predicted octanol–water partition coefficient (Wildman–Crippen LogP) is 1.33. The predicted molar refractivity (Wildman–Crippen MR) is 77.3 cm³/mol. The van der Waals surface area contributed by atoms with Gasteiger partial charge in [-0.15, -0.1) is 11.3 Å². The zero-order valence-electron chi connectivity index (χ0n) is 11.8. The van der Waals surface area contributed by atoms with Crippen LogP contribution in [0.25, 0.3) is 0 Å². The van der Waals surface area contributed by atoms with E-state index in [0.717, 1.165) is 31.2 Å². The topological polar surface area (TPSA) is 62.5 Å². The second-order valence-electron chi connectivity index (χ2n) is 5.28. The third-order valence-electron chi connectivity index (χ3n) is 3.46. The standard InChI is InChI=1S/C13H22N4OS/c1-9(2)16-4-6-17(7-5-16)13(18)11-8-19-12(15-11)10(3)14/h8-10H,4-7,14H2,1-3H3. The number of hydrogen-bond acceptors (Lipinski definition) is 5. The molecule has 1 aliphatic heterocycles. The lowest BCUT2D eigenvalue weighted by molar-refractivity contribution is 0.0590. The molecule has 1 fully saturated rings. The van der Waals surface area contributed by atoms with Crippen LogP contribution in [0.3, 0.4) is 0 Å². The number of carbonyl (C=O) groups is 1. The highest BCUT2D eigenvalue weighted by Gasteiger charge is 2.24. The lowest BCUT2D eigenvalue weighted by Gasteiger charge is -2.36. The molecule has 0 radical (unpaired) electrons. The molecule has 5 nitrogen and oxygen atoms in total. The molecule has 2 heterocycles. The van der Waals surface area contributed by atoms with Crippen molar-refractivity contribution < 1.29 is 4.79 Å². The van der Waals surface area contributed by atoms with E-state index in [9.17, 15) is 4.79 Å². The van der Waals surface area contributed by atoms with Gasteiger partial charge in [0.25, 0.3) is 5.91 Å². The van der Waals surface area contributed by atoms with Gasteiger partial charge >= 0.3 is 0 Å².